The SMILES string of the molecule is CCNC(=O)C(C)N(Cc1ccc(C)cc1)C(=O)CCSc1ccccc1. The second-order valence-corrected chi connectivity index (χ2v) is 7.66. The van der Waals surface area contributed by atoms with Crippen LogP contribution in [0, 0.1) is 6.92 Å². The fourth-order valence-electron chi connectivity index (χ4n) is 2.71. The Morgan fingerprint density at radius 1 is 1.07 bits per heavy atom. The van der Waals surface area contributed by atoms with Crippen molar-refractivity contribution in [2.45, 2.75) is 44.7 Å². The molecule has 1 N–H and O–H groups in total. The largest absolute Gasteiger partial charge is 0.355 e. The highest BCUT2D eigenvalue weighted by Crippen LogP contribution is 2.19. The lowest BCUT2D eigenvalue weighted by molar-refractivity contribution is -0.140. The van der Waals surface area contributed by atoms with Crippen LogP contribution in [-0.2, 0) is 16.1 Å². The van der Waals surface area contributed by atoms with E-state index >= 15 is 0 Å². The van der Waals surface area contributed by atoms with Crippen LogP contribution in [0.1, 0.15) is 31.4 Å². The summed E-state index contributed by atoms with van der Waals surface area (Å²) < 4.78 is 0. The molecule has 27 heavy (non-hydrogen) atoms. The molecule has 144 valence electrons. The number of carbonyl (C=O) groups excluding carboxylic acids is 2. The molecule has 0 spiro atoms. The molecule has 2 amide bonds. The standard InChI is InChI=1S/C22H28N2O2S/c1-4-23-22(26)18(3)24(16-19-12-10-17(2)11-13-19)21(25)14-15-27-20-8-6-5-7-9-20/h5-13,18H,4,14-16H2,1-3H3,(H,23,26). The minimum atomic E-state index is -0.500. The Bertz CT molecular complexity index is 732. The molecule has 0 aliphatic rings. The Morgan fingerprint density at radius 3 is 2.37 bits per heavy atom. The van der Waals surface area contributed by atoms with Crippen LogP contribution < -0.4 is 5.32 Å². The van der Waals surface area contributed by atoms with Gasteiger partial charge < -0.3 is 10.2 Å². The predicted octanol–water partition coefficient (Wildman–Crippen LogP) is 4.03. The fourth-order valence-corrected chi connectivity index (χ4v) is 3.57. The number of nitrogens with zero attached hydrogens (tertiary/aromatic N) is 1. The molecule has 0 radical (unpaired) electrons. The average Bonchev–Trinajstić information content (AvgIpc) is 2.68. The van der Waals surface area contributed by atoms with Crippen molar-refractivity contribution in [3.8, 4) is 0 Å². The third-order valence-corrected chi connectivity index (χ3v) is 5.33. The molecule has 4 nitrogen and oxygen atoms in total. The van der Waals surface area contributed by atoms with Gasteiger partial charge in [0.2, 0.25) is 11.8 Å². The molecule has 0 aliphatic carbocycles. The minimum Gasteiger partial charge on any atom is -0.355 e. The molecule has 5 heteroatoms. The summed E-state index contributed by atoms with van der Waals surface area (Å²) in [6.07, 6.45) is 0.398. The Balaban J connectivity index is 2.03. The molecule has 1 atom stereocenters. The van der Waals surface area contributed by atoms with Gasteiger partial charge in [0.25, 0.3) is 0 Å². The molecule has 1 unspecified atom stereocenters. The van der Waals surface area contributed by atoms with E-state index in [1.807, 2.05) is 68.4 Å². The second-order valence-electron chi connectivity index (χ2n) is 6.49. The predicted molar refractivity (Wildman–Crippen MR) is 112 cm³/mol. The minimum absolute atomic E-state index is 0.00207. The number of hydrogen-bond acceptors (Lipinski definition) is 3. The van der Waals surface area contributed by atoms with Gasteiger partial charge in [-0.2, -0.15) is 0 Å². The maximum absolute atomic E-state index is 12.9. The maximum Gasteiger partial charge on any atom is 0.242 e. The van der Waals surface area contributed by atoms with E-state index in [9.17, 15) is 9.59 Å². The van der Waals surface area contributed by atoms with E-state index in [1.54, 1.807) is 23.6 Å². The molecule has 0 saturated heterocycles. The second kappa shape index (κ2) is 10.8. The Kier molecular flexibility index (Phi) is 8.40. The Labute approximate surface area is 166 Å². The third kappa shape index (κ3) is 6.75. The summed E-state index contributed by atoms with van der Waals surface area (Å²) in [5, 5.41) is 2.82. The van der Waals surface area contributed by atoms with Gasteiger partial charge in [-0.15, -0.1) is 11.8 Å². The van der Waals surface area contributed by atoms with Gasteiger partial charge in [-0.1, -0.05) is 48.0 Å². The molecular weight excluding hydrogens is 356 g/mol. The third-order valence-electron chi connectivity index (χ3n) is 4.32. The number of rotatable bonds is 9. The zero-order valence-corrected chi connectivity index (χ0v) is 17.1. The van der Waals surface area contributed by atoms with Crippen LogP contribution in [0.15, 0.2) is 59.5 Å². The molecule has 0 fully saturated rings. The van der Waals surface area contributed by atoms with Gasteiger partial charge in [0, 0.05) is 30.2 Å². The molecule has 0 heterocycles. The van der Waals surface area contributed by atoms with Gasteiger partial charge in [-0.25, -0.2) is 0 Å². The van der Waals surface area contributed by atoms with Crippen molar-refractivity contribution >= 4 is 23.6 Å². The highest BCUT2D eigenvalue weighted by atomic mass is 32.2. The van der Waals surface area contributed by atoms with Crippen LogP contribution >= 0.6 is 11.8 Å². The van der Waals surface area contributed by atoms with Crippen LogP contribution in [0.4, 0.5) is 0 Å². The van der Waals surface area contributed by atoms with Crippen molar-refractivity contribution in [2.75, 3.05) is 12.3 Å². The van der Waals surface area contributed by atoms with Crippen molar-refractivity contribution in [3.05, 3.63) is 65.7 Å². The maximum atomic E-state index is 12.9. The first kappa shape index (κ1) is 21.0. The highest BCUT2D eigenvalue weighted by molar-refractivity contribution is 7.99. The summed E-state index contributed by atoms with van der Waals surface area (Å²) in [7, 11) is 0. The molecule has 0 aromatic heterocycles. The Hall–Kier alpha value is -2.27. The van der Waals surface area contributed by atoms with Crippen molar-refractivity contribution < 1.29 is 9.59 Å². The van der Waals surface area contributed by atoms with Gasteiger partial charge in [0.1, 0.15) is 6.04 Å². The van der Waals surface area contributed by atoms with E-state index in [2.05, 4.69) is 5.32 Å². The monoisotopic (exact) mass is 384 g/mol. The summed E-state index contributed by atoms with van der Waals surface area (Å²) in [6.45, 7) is 6.70. The zero-order chi connectivity index (χ0) is 19.6. The normalized spacial score (nSPS) is 11.7. The molecule has 2 aromatic carbocycles. The zero-order valence-electron chi connectivity index (χ0n) is 16.3. The summed E-state index contributed by atoms with van der Waals surface area (Å²) in [6, 6.07) is 17.6. The van der Waals surface area contributed by atoms with E-state index in [4.69, 9.17) is 0 Å². The smallest absolute Gasteiger partial charge is 0.242 e. The van der Waals surface area contributed by atoms with Crippen LogP contribution in [0.5, 0.6) is 0 Å². The van der Waals surface area contributed by atoms with Gasteiger partial charge >= 0.3 is 0 Å². The molecule has 2 rings (SSSR count). The van der Waals surface area contributed by atoms with Crippen LogP contribution in [0.25, 0.3) is 0 Å². The summed E-state index contributed by atoms with van der Waals surface area (Å²) in [4.78, 5) is 28.0. The van der Waals surface area contributed by atoms with E-state index in [0.29, 0.717) is 25.3 Å². The first-order valence-electron chi connectivity index (χ1n) is 9.31. The number of aryl methyl sites for hydroxylation is 1. The van der Waals surface area contributed by atoms with Crippen LogP contribution in [0.2, 0.25) is 0 Å². The van der Waals surface area contributed by atoms with E-state index < -0.39 is 6.04 Å². The highest BCUT2D eigenvalue weighted by Gasteiger charge is 2.25. The number of thioether (sulfide) groups is 1. The summed E-state index contributed by atoms with van der Waals surface area (Å²) in [5.41, 5.74) is 2.20. The molecule has 2 aromatic rings. The van der Waals surface area contributed by atoms with Crippen molar-refractivity contribution in [1.29, 1.82) is 0 Å². The molecule has 0 saturated carbocycles. The lowest BCUT2D eigenvalue weighted by Gasteiger charge is -2.28. The number of hydrogen-bond donors (Lipinski definition) is 1. The number of carbonyl (C=O) groups is 2. The number of amides is 2. The number of likely N-dealkylation sites (N-methyl/N-ethyl adjacent to an activating group) is 1. The number of benzene rings is 2. The fraction of sp³-hybridized carbons (Fsp3) is 0.364. The van der Waals surface area contributed by atoms with Gasteiger partial charge in [-0.3, -0.25) is 9.59 Å². The molecule has 0 aliphatic heterocycles. The van der Waals surface area contributed by atoms with Gasteiger partial charge in [0.05, 0.1) is 0 Å². The summed E-state index contributed by atoms with van der Waals surface area (Å²) >= 11 is 1.66. The first-order valence-corrected chi connectivity index (χ1v) is 10.3. The topological polar surface area (TPSA) is 49.4 Å². The van der Waals surface area contributed by atoms with Crippen LogP contribution in [0.3, 0.4) is 0 Å². The first-order chi connectivity index (χ1) is 13.0. The van der Waals surface area contributed by atoms with E-state index in [-0.39, 0.29) is 11.8 Å². The summed E-state index contributed by atoms with van der Waals surface area (Å²) in [5.74, 6) is 0.571. The van der Waals surface area contributed by atoms with Gasteiger partial charge in [0.15, 0.2) is 0 Å². The van der Waals surface area contributed by atoms with E-state index in [0.717, 1.165) is 10.5 Å². The van der Waals surface area contributed by atoms with Crippen LogP contribution in [-0.4, -0.2) is 35.1 Å². The molecular formula is C22H28N2O2S. The van der Waals surface area contributed by atoms with Crippen molar-refractivity contribution in [3.63, 3.8) is 0 Å². The lowest BCUT2D eigenvalue weighted by atomic mass is 10.1. The Morgan fingerprint density at radius 2 is 1.74 bits per heavy atom. The van der Waals surface area contributed by atoms with Crippen molar-refractivity contribution in [2.24, 2.45) is 0 Å². The average molecular weight is 385 g/mol. The van der Waals surface area contributed by atoms with E-state index in [1.165, 1.54) is 5.56 Å². The molecule has 0 bridgehead atoms. The van der Waals surface area contributed by atoms with Crippen molar-refractivity contribution in [1.82, 2.24) is 10.2 Å². The quantitative estimate of drug-likeness (QED) is 0.664. The number of nitrogens with one attached hydrogen (secondary N) is 1. The van der Waals surface area contributed by atoms with Gasteiger partial charge in [-0.05, 0) is 38.5 Å². The lowest BCUT2D eigenvalue weighted by Crippen LogP contribution is -2.47.